The van der Waals surface area contributed by atoms with E-state index >= 15 is 0 Å². The summed E-state index contributed by atoms with van der Waals surface area (Å²) < 4.78 is 1.97. The average Bonchev–Trinajstić information content (AvgIpc) is 2.98. The number of fused-ring (bicyclic) bond motifs is 2. The van der Waals surface area contributed by atoms with Crippen LogP contribution in [0.5, 0.6) is 0 Å². The van der Waals surface area contributed by atoms with Gasteiger partial charge in [0.15, 0.2) is 0 Å². The Labute approximate surface area is 134 Å². The number of amides is 1. The number of rotatable bonds is 3. The molecule has 0 aliphatic carbocycles. The fourth-order valence-electron chi connectivity index (χ4n) is 2.96. The Morgan fingerprint density at radius 2 is 1.57 bits per heavy atom. The minimum Gasteiger partial charge on any atom is -0.338 e. The van der Waals surface area contributed by atoms with Crippen LogP contribution in [0.15, 0.2) is 79.0 Å². The summed E-state index contributed by atoms with van der Waals surface area (Å²) in [5, 5.41) is 6.35. The van der Waals surface area contributed by atoms with Crippen LogP contribution in [0, 0.1) is 0 Å². The van der Waals surface area contributed by atoms with E-state index in [1.54, 1.807) is 0 Å². The summed E-state index contributed by atoms with van der Waals surface area (Å²) in [4.78, 5) is 12.4. The van der Waals surface area contributed by atoms with Gasteiger partial charge in [0.1, 0.15) is 6.54 Å². The molecule has 0 spiro atoms. The molecule has 4 aromatic rings. The van der Waals surface area contributed by atoms with E-state index in [1.165, 1.54) is 0 Å². The lowest BCUT2D eigenvalue weighted by Crippen LogP contribution is -2.18. The van der Waals surface area contributed by atoms with Crippen molar-refractivity contribution >= 4 is 33.3 Å². The Kier molecular flexibility index (Phi) is 3.31. The van der Waals surface area contributed by atoms with Crippen LogP contribution in [0.4, 0.5) is 5.69 Å². The molecule has 0 unspecified atom stereocenters. The molecule has 112 valence electrons. The van der Waals surface area contributed by atoms with Crippen LogP contribution in [0.2, 0.25) is 0 Å². The van der Waals surface area contributed by atoms with Crippen molar-refractivity contribution in [2.24, 2.45) is 0 Å². The zero-order valence-electron chi connectivity index (χ0n) is 12.6. The number of nitrogens with zero attached hydrogens (tertiary/aromatic N) is 1. The highest BCUT2D eigenvalue weighted by Gasteiger charge is 2.08. The van der Waals surface area contributed by atoms with Gasteiger partial charge in [0.25, 0.3) is 0 Å². The molecule has 1 amide bonds. The minimum atomic E-state index is -0.0253. The molecule has 0 bridgehead atoms. The molecule has 0 saturated carbocycles. The second-order valence-electron chi connectivity index (χ2n) is 5.58. The van der Waals surface area contributed by atoms with Crippen LogP contribution in [0.3, 0.4) is 0 Å². The molecule has 0 saturated heterocycles. The van der Waals surface area contributed by atoms with E-state index in [2.05, 4.69) is 11.4 Å². The van der Waals surface area contributed by atoms with E-state index in [9.17, 15) is 4.79 Å². The van der Waals surface area contributed by atoms with Crippen molar-refractivity contribution in [1.29, 1.82) is 0 Å². The van der Waals surface area contributed by atoms with Crippen molar-refractivity contribution in [3.63, 3.8) is 0 Å². The van der Waals surface area contributed by atoms with E-state index in [0.29, 0.717) is 6.54 Å². The number of para-hydroxylation sites is 1. The van der Waals surface area contributed by atoms with Gasteiger partial charge in [-0.15, -0.1) is 0 Å². The first-order chi connectivity index (χ1) is 11.3. The summed E-state index contributed by atoms with van der Waals surface area (Å²) in [5.41, 5.74) is 1.92. The van der Waals surface area contributed by atoms with Gasteiger partial charge in [-0.25, -0.2) is 0 Å². The summed E-state index contributed by atoms with van der Waals surface area (Å²) in [6.07, 6.45) is 1.95. The number of anilines is 1. The summed E-state index contributed by atoms with van der Waals surface area (Å²) in [5.74, 6) is -0.0253. The van der Waals surface area contributed by atoms with Gasteiger partial charge >= 0.3 is 0 Å². The maximum atomic E-state index is 12.4. The molecule has 1 aromatic heterocycles. The molecule has 23 heavy (non-hydrogen) atoms. The fraction of sp³-hybridized carbons (Fsp3) is 0.0500. The maximum absolute atomic E-state index is 12.4. The number of benzene rings is 3. The third-order valence-electron chi connectivity index (χ3n) is 4.06. The Morgan fingerprint density at radius 1 is 0.826 bits per heavy atom. The van der Waals surface area contributed by atoms with Gasteiger partial charge in [-0.05, 0) is 29.0 Å². The van der Waals surface area contributed by atoms with Crippen LogP contribution in [0.25, 0.3) is 21.7 Å². The molecule has 1 N–H and O–H groups in total. The summed E-state index contributed by atoms with van der Waals surface area (Å²) in [7, 11) is 0. The van der Waals surface area contributed by atoms with Crippen LogP contribution >= 0.6 is 0 Å². The molecule has 0 atom stereocenters. The summed E-state index contributed by atoms with van der Waals surface area (Å²) >= 11 is 0. The Hall–Kier alpha value is -3.07. The predicted molar refractivity (Wildman–Crippen MR) is 94.5 cm³/mol. The highest BCUT2D eigenvalue weighted by Crippen LogP contribution is 2.23. The van der Waals surface area contributed by atoms with Gasteiger partial charge in [-0.2, -0.15) is 0 Å². The van der Waals surface area contributed by atoms with Crippen molar-refractivity contribution in [2.45, 2.75) is 6.54 Å². The van der Waals surface area contributed by atoms with Crippen LogP contribution in [-0.2, 0) is 11.3 Å². The second-order valence-corrected chi connectivity index (χ2v) is 5.58. The zero-order chi connectivity index (χ0) is 15.6. The number of nitrogens with one attached hydrogen (secondary N) is 1. The van der Waals surface area contributed by atoms with Crippen LogP contribution in [-0.4, -0.2) is 10.5 Å². The second kappa shape index (κ2) is 5.61. The van der Waals surface area contributed by atoms with Crippen LogP contribution < -0.4 is 5.32 Å². The van der Waals surface area contributed by atoms with Crippen molar-refractivity contribution < 1.29 is 4.79 Å². The monoisotopic (exact) mass is 300 g/mol. The Morgan fingerprint density at radius 3 is 2.48 bits per heavy atom. The number of carbonyl (C=O) groups is 1. The summed E-state index contributed by atoms with van der Waals surface area (Å²) in [6.45, 7) is 0.302. The topological polar surface area (TPSA) is 34.0 Å². The minimum absolute atomic E-state index is 0.0253. The van der Waals surface area contributed by atoms with Gasteiger partial charge in [-0.1, -0.05) is 54.6 Å². The van der Waals surface area contributed by atoms with Crippen molar-refractivity contribution in [3.05, 3.63) is 79.0 Å². The lowest BCUT2D eigenvalue weighted by Gasteiger charge is -2.10. The molecule has 0 aliphatic rings. The lowest BCUT2D eigenvalue weighted by atomic mass is 10.1. The molecule has 3 heteroatoms. The third-order valence-corrected chi connectivity index (χ3v) is 4.06. The largest absolute Gasteiger partial charge is 0.338 e. The molecular weight excluding hydrogens is 284 g/mol. The van der Waals surface area contributed by atoms with Gasteiger partial charge in [0.2, 0.25) is 5.91 Å². The zero-order valence-corrected chi connectivity index (χ0v) is 12.6. The Bertz CT molecular complexity index is 995. The number of carbonyl (C=O) groups excluding carboxylic acids is 1. The van der Waals surface area contributed by atoms with Crippen molar-refractivity contribution in [2.75, 3.05) is 5.32 Å². The van der Waals surface area contributed by atoms with Crippen molar-refractivity contribution in [3.8, 4) is 0 Å². The molecule has 0 aliphatic heterocycles. The molecule has 0 radical (unpaired) electrons. The first-order valence-electron chi connectivity index (χ1n) is 7.63. The number of hydrogen-bond donors (Lipinski definition) is 1. The van der Waals surface area contributed by atoms with Gasteiger partial charge in [0, 0.05) is 22.8 Å². The lowest BCUT2D eigenvalue weighted by molar-refractivity contribution is -0.116. The number of hydrogen-bond acceptors (Lipinski definition) is 1. The Balaban J connectivity index is 1.60. The molecular formula is C20H16N2O. The van der Waals surface area contributed by atoms with Gasteiger partial charge in [0.05, 0.1) is 0 Å². The van der Waals surface area contributed by atoms with E-state index < -0.39 is 0 Å². The first kappa shape index (κ1) is 13.6. The SMILES string of the molecule is O=C(Cn1ccc2ccccc21)Nc1cccc2ccccc12. The van der Waals surface area contributed by atoms with Crippen LogP contribution in [0.1, 0.15) is 0 Å². The molecule has 4 rings (SSSR count). The third kappa shape index (κ3) is 2.57. The normalized spacial score (nSPS) is 11.0. The molecule has 0 fully saturated rings. The quantitative estimate of drug-likeness (QED) is 0.596. The number of aromatic nitrogens is 1. The van der Waals surface area contributed by atoms with E-state index in [0.717, 1.165) is 27.4 Å². The van der Waals surface area contributed by atoms with E-state index in [4.69, 9.17) is 0 Å². The van der Waals surface area contributed by atoms with Gasteiger partial charge in [-0.3, -0.25) is 4.79 Å². The summed E-state index contributed by atoms with van der Waals surface area (Å²) in [6, 6.07) is 24.1. The first-order valence-corrected chi connectivity index (χ1v) is 7.63. The molecule has 3 nitrogen and oxygen atoms in total. The van der Waals surface area contributed by atoms with E-state index in [1.807, 2.05) is 77.5 Å². The molecule has 3 aromatic carbocycles. The van der Waals surface area contributed by atoms with E-state index in [-0.39, 0.29) is 5.91 Å². The fourth-order valence-corrected chi connectivity index (χ4v) is 2.96. The van der Waals surface area contributed by atoms with Gasteiger partial charge < -0.3 is 9.88 Å². The maximum Gasteiger partial charge on any atom is 0.244 e. The van der Waals surface area contributed by atoms with Crippen molar-refractivity contribution in [1.82, 2.24) is 4.57 Å². The standard InChI is InChI=1S/C20H16N2O/c23-20(14-22-13-12-16-7-2-4-11-19(16)22)21-18-10-5-8-15-6-1-3-9-17(15)18/h1-13H,14H2,(H,21,23). The highest BCUT2D eigenvalue weighted by atomic mass is 16.1. The smallest absolute Gasteiger partial charge is 0.244 e. The predicted octanol–water partition coefficient (Wildman–Crippen LogP) is 4.43. The average molecular weight is 300 g/mol. The highest BCUT2D eigenvalue weighted by molar-refractivity contribution is 6.02. The molecule has 1 heterocycles.